The second kappa shape index (κ2) is 9.71. The zero-order valence-corrected chi connectivity index (χ0v) is 18.2. The molecule has 1 amide bonds. The van der Waals surface area contributed by atoms with Crippen molar-refractivity contribution in [3.63, 3.8) is 0 Å². The molecule has 0 spiro atoms. The van der Waals surface area contributed by atoms with Crippen molar-refractivity contribution in [3.8, 4) is 0 Å². The number of amides is 1. The second-order valence-corrected chi connectivity index (χ2v) is 9.35. The maximum Gasteiger partial charge on any atom is 0.338 e. The molecule has 8 nitrogen and oxygen atoms in total. The lowest BCUT2D eigenvalue weighted by Gasteiger charge is -2.26. The molecule has 2 aromatic rings. The van der Waals surface area contributed by atoms with Crippen molar-refractivity contribution < 1.29 is 27.1 Å². The highest BCUT2D eigenvalue weighted by atomic mass is 35.5. The number of ether oxygens (including phenoxy) is 1. The summed E-state index contributed by atoms with van der Waals surface area (Å²) in [6, 6.07) is 5.96. The van der Waals surface area contributed by atoms with Gasteiger partial charge in [-0.25, -0.2) is 22.6 Å². The molecule has 1 fully saturated rings. The Hall–Kier alpha value is -2.56. The molecule has 2 heterocycles. The summed E-state index contributed by atoms with van der Waals surface area (Å²) in [4.78, 5) is 28.0. The van der Waals surface area contributed by atoms with Gasteiger partial charge >= 0.3 is 5.97 Å². The number of sulfonamides is 1. The number of anilines is 1. The van der Waals surface area contributed by atoms with E-state index < -0.39 is 38.7 Å². The highest BCUT2D eigenvalue weighted by Crippen LogP contribution is 2.24. The SMILES string of the molecule is CC(OC(=O)c1ccc(F)c(S(=O)(=O)N2CCCCC2)c1)C(=O)Nc1ccc(Cl)cn1. The third kappa shape index (κ3) is 5.57. The van der Waals surface area contributed by atoms with Gasteiger partial charge in [0.15, 0.2) is 6.10 Å². The van der Waals surface area contributed by atoms with Gasteiger partial charge in [0, 0.05) is 19.3 Å². The van der Waals surface area contributed by atoms with E-state index in [0.29, 0.717) is 31.0 Å². The molecule has 0 saturated carbocycles. The Morgan fingerprint density at radius 1 is 1.19 bits per heavy atom. The maximum atomic E-state index is 14.3. The molecule has 31 heavy (non-hydrogen) atoms. The van der Waals surface area contributed by atoms with Gasteiger partial charge in [0.05, 0.1) is 10.6 Å². The van der Waals surface area contributed by atoms with Gasteiger partial charge in [-0.05, 0) is 50.1 Å². The summed E-state index contributed by atoms with van der Waals surface area (Å²) in [6.45, 7) is 1.94. The van der Waals surface area contributed by atoms with Gasteiger partial charge in [-0.2, -0.15) is 4.31 Å². The van der Waals surface area contributed by atoms with Crippen LogP contribution in [0.15, 0.2) is 41.4 Å². The fourth-order valence-corrected chi connectivity index (χ4v) is 4.75. The van der Waals surface area contributed by atoms with Crippen LogP contribution in [0.2, 0.25) is 5.02 Å². The average molecular weight is 470 g/mol. The molecular weight excluding hydrogens is 449 g/mol. The van der Waals surface area contributed by atoms with Gasteiger partial charge in [0.1, 0.15) is 16.5 Å². The van der Waals surface area contributed by atoms with E-state index in [0.717, 1.165) is 24.6 Å². The normalized spacial score (nSPS) is 15.8. The third-order valence-corrected chi connectivity index (χ3v) is 6.87. The largest absolute Gasteiger partial charge is 0.449 e. The van der Waals surface area contributed by atoms with E-state index in [4.69, 9.17) is 16.3 Å². The Labute approximate surface area is 184 Å². The molecule has 3 rings (SSSR count). The number of piperidine rings is 1. The van der Waals surface area contributed by atoms with E-state index in [1.54, 1.807) is 0 Å². The number of carbonyl (C=O) groups excluding carboxylic acids is 2. The minimum Gasteiger partial charge on any atom is -0.449 e. The van der Waals surface area contributed by atoms with E-state index in [9.17, 15) is 22.4 Å². The Morgan fingerprint density at radius 3 is 2.55 bits per heavy atom. The first-order chi connectivity index (χ1) is 14.7. The number of benzene rings is 1. The molecule has 1 aromatic carbocycles. The summed E-state index contributed by atoms with van der Waals surface area (Å²) in [7, 11) is -4.09. The Morgan fingerprint density at radius 2 is 1.90 bits per heavy atom. The van der Waals surface area contributed by atoms with Crippen LogP contribution >= 0.6 is 11.6 Å². The molecule has 1 unspecified atom stereocenters. The number of rotatable bonds is 6. The van der Waals surface area contributed by atoms with Gasteiger partial charge < -0.3 is 10.1 Å². The molecule has 1 aliphatic heterocycles. The second-order valence-electron chi connectivity index (χ2n) is 7.01. The first kappa shape index (κ1) is 23.1. The molecular formula is C20H21ClFN3O5S. The van der Waals surface area contributed by atoms with Crippen LogP contribution in [0.4, 0.5) is 10.2 Å². The summed E-state index contributed by atoms with van der Waals surface area (Å²) in [5, 5.41) is 2.86. The molecule has 0 radical (unpaired) electrons. The number of pyridine rings is 1. The molecule has 1 N–H and O–H groups in total. The summed E-state index contributed by atoms with van der Waals surface area (Å²) >= 11 is 5.74. The first-order valence-corrected chi connectivity index (χ1v) is 11.4. The van der Waals surface area contributed by atoms with E-state index in [1.165, 1.54) is 29.6 Å². The van der Waals surface area contributed by atoms with Crippen LogP contribution in [0, 0.1) is 5.82 Å². The number of nitrogens with zero attached hydrogens (tertiary/aromatic N) is 2. The van der Waals surface area contributed by atoms with Gasteiger partial charge in [0.25, 0.3) is 5.91 Å². The highest BCUT2D eigenvalue weighted by molar-refractivity contribution is 7.89. The van der Waals surface area contributed by atoms with Crippen LogP contribution in [0.3, 0.4) is 0 Å². The van der Waals surface area contributed by atoms with E-state index >= 15 is 0 Å². The summed E-state index contributed by atoms with van der Waals surface area (Å²) in [6.07, 6.45) is 2.43. The number of halogens is 2. The Kier molecular flexibility index (Phi) is 7.24. The van der Waals surface area contributed by atoms with Crippen LogP contribution in [0.5, 0.6) is 0 Å². The molecule has 1 aromatic heterocycles. The number of nitrogens with one attached hydrogen (secondary N) is 1. The van der Waals surface area contributed by atoms with E-state index in [-0.39, 0.29) is 11.4 Å². The van der Waals surface area contributed by atoms with Crippen LogP contribution in [-0.4, -0.2) is 48.8 Å². The van der Waals surface area contributed by atoms with Gasteiger partial charge in [-0.3, -0.25) is 4.79 Å². The number of aromatic nitrogens is 1. The van der Waals surface area contributed by atoms with Crippen LogP contribution in [0.1, 0.15) is 36.5 Å². The minimum absolute atomic E-state index is 0.179. The average Bonchev–Trinajstić information content (AvgIpc) is 2.76. The van der Waals surface area contributed by atoms with Crippen molar-refractivity contribution >= 4 is 39.3 Å². The van der Waals surface area contributed by atoms with E-state index in [1.807, 2.05) is 0 Å². The van der Waals surface area contributed by atoms with Gasteiger partial charge in [-0.15, -0.1) is 0 Å². The number of hydrogen-bond donors (Lipinski definition) is 1. The zero-order valence-electron chi connectivity index (χ0n) is 16.7. The third-order valence-electron chi connectivity index (χ3n) is 4.73. The lowest BCUT2D eigenvalue weighted by molar-refractivity contribution is -0.123. The summed E-state index contributed by atoms with van der Waals surface area (Å²) in [5.41, 5.74) is -0.179. The van der Waals surface area contributed by atoms with Crippen molar-refractivity contribution in [1.29, 1.82) is 0 Å². The standard InChI is InChI=1S/C20H21ClFN3O5S/c1-13(19(26)24-18-8-6-15(21)12-23-18)30-20(27)14-5-7-16(22)17(11-14)31(28,29)25-9-3-2-4-10-25/h5-8,11-13H,2-4,9-10H2,1H3,(H,23,24,26). The van der Waals surface area contributed by atoms with Crippen LogP contribution in [0.25, 0.3) is 0 Å². The summed E-state index contributed by atoms with van der Waals surface area (Å²) < 4.78 is 46.2. The number of esters is 1. The molecule has 1 aliphatic rings. The molecule has 0 aliphatic carbocycles. The van der Waals surface area contributed by atoms with E-state index in [2.05, 4.69) is 10.3 Å². The fraction of sp³-hybridized carbons (Fsp3) is 0.350. The van der Waals surface area contributed by atoms with Crippen LogP contribution < -0.4 is 5.32 Å². The predicted molar refractivity (Wildman–Crippen MR) is 112 cm³/mol. The quantitative estimate of drug-likeness (QED) is 0.651. The first-order valence-electron chi connectivity index (χ1n) is 9.61. The molecule has 166 valence electrons. The lowest BCUT2D eigenvalue weighted by atomic mass is 10.2. The summed E-state index contributed by atoms with van der Waals surface area (Å²) in [5.74, 6) is -2.34. The monoisotopic (exact) mass is 469 g/mol. The Balaban J connectivity index is 1.72. The van der Waals surface area contributed by atoms with Gasteiger partial charge in [-0.1, -0.05) is 18.0 Å². The maximum absolute atomic E-state index is 14.3. The molecule has 11 heteroatoms. The molecule has 0 bridgehead atoms. The lowest BCUT2D eigenvalue weighted by Crippen LogP contribution is -2.36. The number of hydrogen-bond acceptors (Lipinski definition) is 6. The minimum atomic E-state index is -4.09. The topological polar surface area (TPSA) is 106 Å². The predicted octanol–water partition coefficient (Wildman–Crippen LogP) is 3.23. The Bertz CT molecular complexity index is 1070. The van der Waals surface area contributed by atoms with Crippen molar-refractivity contribution in [2.24, 2.45) is 0 Å². The van der Waals surface area contributed by atoms with Gasteiger partial charge in [0.2, 0.25) is 10.0 Å². The molecule has 1 atom stereocenters. The zero-order chi connectivity index (χ0) is 22.6. The van der Waals surface area contributed by atoms with Crippen molar-refractivity contribution in [2.75, 3.05) is 18.4 Å². The highest BCUT2D eigenvalue weighted by Gasteiger charge is 2.30. The smallest absolute Gasteiger partial charge is 0.338 e. The van der Waals surface area contributed by atoms with Crippen molar-refractivity contribution in [2.45, 2.75) is 37.2 Å². The van der Waals surface area contributed by atoms with Crippen LogP contribution in [-0.2, 0) is 19.6 Å². The molecule has 1 saturated heterocycles. The fourth-order valence-electron chi connectivity index (χ4n) is 3.03. The number of carbonyl (C=O) groups is 2. The van der Waals surface area contributed by atoms with Crippen molar-refractivity contribution in [1.82, 2.24) is 9.29 Å². The van der Waals surface area contributed by atoms with Crippen molar-refractivity contribution in [3.05, 3.63) is 52.9 Å².